The summed E-state index contributed by atoms with van der Waals surface area (Å²) in [5.41, 5.74) is 0.754. The second-order valence-corrected chi connectivity index (χ2v) is 5.54. The molecule has 1 atom stereocenters. The summed E-state index contributed by atoms with van der Waals surface area (Å²) in [6, 6.07) is 3.98. The van der Waals surface area contributed by atoms with Crippen LogP contribution in [-0.4, -0.2) is 45.9 Å². The summed E-state index contributed by atoms with van der Waals surface area (Å²) in [4.78, 5) is 35.3. The van der Waals surface area contributed by atoms with Crippen LogP contribution in [0.15, 0.2) is 18.2 Å². The molecule has 0 aliphatic carbocycles. The Morgan fingerprint density at radius 2 is 2.17 bits per heavy atom. The fourth-order valence-electron chi connectivity index (χ4n) is 2.79. The number of likely N-dealkylation sites (tertiary alicyclic amines) is 1. The second-order valence-electron chi connectivity index (χ2n) is 5.54. The molecule has 2 N–H and O–H groups in total. The Labute approximate surface area is 145 Å². The predicted molar refractivity (Wildman–Crippen MR) is 90.6 cm³/mol. The number of carbonyl (C=O) groups excluding carboxylic acids is 1. The zero-order valence-electron chi connectivity index (χ0n) is 13.2. The number of carboxylic acids is 1. The van der Waals surface area contributed by atoms with Crippen LogP contribution >= 0.6 is 12.4 Å². The van der Waals surface area contributed by atoms with Gasteiger partial charge in [0, 0.05) is 19.0 Å². The molecule has 0 aromatic heterocycles. The van der Waals surface area contributed by atoms with Gasteiger partial charge in [0.05, 0.1) is 16.2 Å². The number of nitrogens with one attached hydrogen (secondary N) is 1. The molecule has 1 unspecified atom stereocenters. The number of nitrogens with zero attached hydrogens (tertiary/aromatic N) is 2. The number of nitro groups is 1. The highest BCUT2D eigenvalue weighted by Crippen LogP contribution is 2.25. The Bertz CT molecular complexity index is 638. The standard InChI is InChI=1S/C15H19N3O5.ClH/c1-10-11(4-2-5-12(10)18(22)23)16-14(19)7-9-17-8-3-6-13(17)15(20)21;/h2,4-5,13H,3,6-9H2,1H3,(H,16,19)(H,20,21);1H. The number of carbonyl (C=O) groups is 2. The topological polar surface area (TPSA) is 113 Å². The Kier molecular flexibility index (Phi) is 7.12. The number of hydrogen-bond donors (Lipinski definition) is 2. The maximum atomic E-state index is 12.0. The van der Waals surface area contributed by atoms with Crippen molar-refractivity contribution in [3.8, 4) is 0 Å². The van der Waals surface area contributed by atoms with Gasteiger partial charge in [0.2, 0.25) is 5.91 Å². The summed E-state index contributed by atoms with van der Waals surface area (Å²) in [5.74, 6) is -1.15. The molecule has 1 fully saturated rings. The van der Waals surface area contributed by atoms with E-state index in [0.717, 1.165) is 6.42 Å². The smallest absolute Gasteiger partial charge is 0.320 e. The third-order valence-electron chi connectivity index (χ3n) is 4.05. The molecule has 2 rings (SSSR count). The van der Waals surface area contributed by atoms with Crippen LogP contribution in [0.25, 0.3) is 0 Å². The van der Waals surface area contributed by atoms with Crippen LogP contribution in [0.3, 0.4) is 0 Å². The molecule has 24 heavy (non-hydrogen) atoms. The quantitative estimate of drug-likeness (QED) is 0.596. The molecule has 1 aliphatic heterocycles. The highest BCUT2D eigenvalue weighted by atomic mass is 35.5. The summed E-state index contributed by atoms with van der Waals surface area (Å²) in [6.07, 6.45) is 1.55. The average molecular weight is 358 g/mol. The molecular weight excluding hydrogens is 338 g/mol. The Morgan fingerprint density at radius 3 is 2.79 bits per heavy atom. The lowest BCUT2D eigenvalue weighted by Gasteiger charge is -2.20. The van der Waals surface area contributed by atoms with Crippen LogP contribution in [0, 0.1) is 17.0 Å². The van der Waals surface area contributed by atoms with Gasteiger partial charge in [0.25, 0.3) is 5.69 Å². The van der Waals surface area contributed by atoms with Gasteiger partial charge < -0.3 is 10.4 Å². The Hall–Kier alpha value is -2.19. The van der Waals surface area contributed by atoms with Crippen molar-refractivity contribution in [2.75, 3.05) is 18.4 Å². The van der Waals surface area contributed by atoms with Crippen molar-refractivity contribution in [3.05, 3.63) is 33.9 Å². The van der Waals surface area contributed by atoms with E-state index >= 15 is 0 Å². The lowest BCUT2D eigenvalue weighted by atomic mass is 10.1. The fraction of sp³-hybridized carbons (Fsp3) is 0.467. The molecule has 1 aromatic carbocycles. The van der Waals surface area contributed by atoms with Gasteiger partial charge in [-0.1, -0.05) is 6.07 Å². The highest BCUT2D eigenvalue weighted by Gasteiger charge is 2.30. The van der Waals surface area contributed by atoms with Gasteiger partial charge in [-0.05, 0) is 32.4 Å². The first-order valence-electron chi connectivity index (χ1n) is 7.41. The number of aliphatic carboxylic acids is 1. The molecule has 0 saturated carbocycles. The minimum Gasteiger partial charge on any atom is -0.480 e. The number of benzene rings is 1. The summed E-state index contributed by atoms with van der Waals surface area (Å²) in [5, 5.41) is 22.6. The zero-order chi connectivity index (χ0) is 17.0. The van der Waals surface area contributed by atoms with Crippen molar-refractivity contribution in [1.29, 1.82) is 0 Å². The van der Waals surface area contributed by atoms with Gasteiger partial charge in [-0.3, -0.25) is 24.6 Å². The number of halogens is 1. The largest absolute Gasteiger partial charge is 0.480 e. The van der Waals surface area contributed by atoms with E-state index in [1.54, 1.807) is 17.9 Å². The molecule has 0 bridgehead atoms. The molecule has 9 heteroatoms. The first-order valence-corrected chi connectivity index (χ1v) is 7.41. The van der Waals surface area contributed by atoms with Gasteiger partial charge in [-0.25, -0.2) is 0 Å². The molecule has 0 radical (unpaired) electrons. The number of hydrogen-bond acceptors (Lipinski definition) is 5. The van der Waals surface area contributed by atoms with Gasteiger partial charge in [0.15, 0.2) is 0 Å². The minimum atomic E-state index is -0.863. The molecule has 1 saturated heterocycles. The van der Waals surface area contributed by atoms with Crippen LogP contribution in [0.4, 0.5) is 11.4 Å². The molecule has 1 heterocycles. The van der Waals surface area contributed by atoms with E-state index in [1.165, 1.54) is 12.1 Å². The molecule has 0 spiro atoms. The third-order valence-corrected chi connectivity index (χ3v) is 4.05. The first-order chi connectivity index (χ1) is 10.9. The SMILES string of the molecule is Cc1c(NC(=O)CCN2CCCC2C(=O)O)cccc1[N+](=O)[O-].Cl. The van der Waals surface area contributed by atoms with Crippen LogP contribution in [0.5, 0.6) is 0 Å². The zero-order valence-corrected chi connectivity index (χ0v) is 14.0. The monoisotopic (exact) mass is 357 g/mol. The van der Waals surface area contributed by atoms with Gasteiger partial charge in [-0.15, -0.1) is 12.4 Å². The van der Waals surface area contributed by atoms with E-state index in [4.69, 9.17) is 5.11 Å². The summed E-state index contributed by atoms with van der Waals surface area (Å²) in [6.45, 7) is 2.60. The van der Waals surface area contributed by atoms with Crippen LogP contribution in [0.2, 0.25) is 0 Å². The third kappa shape index (κ3) is 4.65. The van der Waals surface area contributed by atoms with Crippen molar-refractivity contribution < 1.29 is 19.6 Å². The van der Waals surface area contributed by atoms with E-state index in [-0.39, 0.29) is 30.4 Å². The summed E-state index contributed by atoms with van der Waals surface area (Å²) >= 11 is 0. The number of rotatable bonds is 6. The fourth-order valence-corrected chi connectivity index (χ4v) is 2.79. The normalized spacial score (nSPS) is 17.1. The lowest BCUT2D eigenvalue weighted by Crippen LogP contribution is -2.37. The van der Waals surface area contributed by atoms with Gasteiger partial charge >= 0.3 is 5.97 Å². The van der Waals surface area contributed by atoms with Gasteiger partial charge in [0.1, 0.15) is 6.04 Å². The van der Waals surface area contributed by atoms with E-state index in [2.05, 4.69) is 5.32 Å². The second kappa shape index (κ2) is 8.60. The van der Waals surface area contributed by atoms with Crippen LogP contribution in [-0.2, 0) is 9.59 Å². The van der Waals surface area contributed by atoms with Gasteiger partial charge in [-0.2, -0.15) is 0 Å². The van der Waals surface area contributed by atoms with E-state index in [9.17, 15) is 19.7 Å². The first kappa shape index (κ1) is 19.9. The number of amides is 1. The van der Waals surface area contributed by atoms with E-state index in [1.807, 2.05) is 0 Å². The number of carboxylic acid groups (broad SMARTS) is 1. The van der Waals surface area contributed by atoms with Crippen molar-refractivity contribution in [2.45, 2.75) is 32.2 Å². The van der Waals surface area contributed by atoms with Crippen molar-refractivity contribution in [3.63, 3.8) is 0 Å². The number of nitro benzene ring substituents is 1. The Morgan fingerprint density at radius 1 is 1.46 bits per heavy atom. The van der Waals surface area contributed by atoms with Crippen LogP contribution < -0.4 is 5.32 Å². The van der Waals surface area contributed by atoms with E-state index < -0.39 is 16.9 Å². The highest BCUT2D eigenvalue weighted by molar-refractivity contribution is 5.92. The molecular formula is C15H20ClN3O5. The van der Waals surface area contributed by atoms with Crippen molar-refractivity contribution >= 4 is 35.7 Å². The van der Waals surface area contributed by atoms with Crippen LogP contribution in [0.1, 0.15) is 24.8 Å². The van der Waals surface area contributed by atoms with Crippen molar-refractivity contribution in [1.82, 2.24) is 4.90 Å². The lowest BCUT2D eigenvalue weighted by molar-refractivity contribution is -0.385. The minimum absolute atomic E-state index is 0. The Balaban J connectivity index is 0.00000288. The van der Waals surface area contributed by atoms with E-state index in [0.29, 0.717) is 30.8 Å². The summed E-state index contributed by atoms with van der Waals surface area (Å²) < 4.78 is 0. The predicted octanol–water partition coefficient (Wildman–Crippen LogP) is 2.20. The molecule has 1 amide bonds. The number of anilines is 1. The van der Waals surface area contributed by atoms with Crippen molar-refractivity contribution in [2.24, 2.45) is 0 Å². The maximum Gasteiger partial charge on any atom is 0.320 e. The molecule has 8 nitrogen and oxygen atoms in total. The maximum absolute atomic E-state index is 12.0. The summed E-state index contributed by atoms with van der Waals surface area (Å²) in [7, 11) is 0. The average Bonchev–Trinajstić information content (AvgIpc) is 2.95. The molecule has 132 valence electrons. The molecule has 1 aliphatic rings. The molecule has 1 aromatic rings.